The third kappa shape index (κ3) is 3.78. The lowest BCUT2D eigenvalue weighted by atomic mass is 9.86. The molecule has 0 spiro atoms. The van der Waals surface area contributed by atoms with Crippen molar-refractivity contribution in [2.45, 2.75) is 13.3 Å². The van der Waals surface area contributed by atoms with Gasteiger partial charge in [-0.3, -0.25) is 4.79 Å². The van der Waals surface area contributed by atoms with Crippen LogP contribution < -0.4 is 10.1 Å². The van der Waals surface area contributed by atoms with E-state index >= 15 is 0 Å². The fourth-order valence-electron chi connectivity index (χ4n) is 2.90. The molecule has 1 aromatic rings. The monoisotopic (exact) mass is 306 g/mol. The average Bonchev–Trinajstić information content (AvgIpc) is 2.98. The van der Waals surface area contributed by atoms with Crippen molar-refractivity contribution in [1.82, 2.24) is 10.2 Å². The van der Waals surface area contributed by atoms with Gasteiger partial charge in [-0.15, -0.1) is 0 Å². The Balaban J connectivity index is 1.87. The molecule has 1 fully saturated rings. The second-order valence-corrected chi connectivity index (χ2v) is 5.98. The Morgan fingerprint density at radius 3 is 2.82 bits per heavy atom. The number of ether oxygens (including phenoxy) is 2. The van der Waals surface area contributed by atoms with Crippen molar-refractivity contribution in [2.75, 3.05) is 47.0 Å². The predicted octanol–water partition coefficient (Wildman–Crippen LogP) is 1.46. The molecule has 1 aromatic carbocycles. The zero-order valence-electron chi connectivity index (χ0n) is 13.7. The van der Waals surface area contributed by atoms with Crippen LogP contribution in [0.2, 0.25) is 0 Å². The molecule has 0 bridgehead atoms. The molecule has 1 saturated heterocycles. The lowest BCUT2D eigenvalue weighted by Gasteiger charge is -2.31. The number of nitrogens with one attached hydrogen (secondary N) is 1. The van der Waals surface area contributed by atoms with E-state index in [2.05, 4.69) is 5.32 Å². The maximum Gasteiger partial charge on any atom is 0.232 e. The number of hydrogen-bond acceptors (Lipinski definition) is 4. The first-order valence-electron chi connectivity index (χ1n) is 7.73. The fourth-order valence-corrected chi connectivity index (χ4v) is 2.90. The minimum atomic E-state index is -0.424. The summed E-state index contributed by atoms with van der Waals surface area (Å²) >= 11 is 0. The van der Waals surface area contributed by atoms with Crippen LogP contribution in [0.15, 0.2) is 24.3 Å². The number of amides is 1. The van der Waals surface area contributed by atoms with Gasteiger partial charge in [0.2, 0.25) is 5.91 Å². The number of aryl methyl sites for hydroxylation is 1. The number of nitrogens with zero attached hydrogens (tertiary/aromatic N) is 1. The molecule has 5 heteroatoms. The Hall–Kier alpha value is -1.59. The van der Waals surface area contributed by atoms with Crippen molar-refractivity contribution in [1.29, 1.82) is 0 Å². The number of hydrogen-bond donors (Lipinski definition) is 1. The number of rotatable bonds is 7. The summed E-state index contributed by atoms with van der Waals surface area (Å²) in [4.78, 5) is 14.5. The summed E-state index contributed by atoms with van der Waals surface area (Å²) in [5, 5.41) is 3.26. The molecule has 2 rings (SSSR count). The van der Waals surface area contributed by atoms with Crippen LogP contribution in [0, 0.1) is 12.3 Å². The number of methoxy groups -OCH3 is 1. The standard InChI is InChI=1S/C17H26N2O3/c1-14-6-4-5-7-15(14)22-11-10-19(2)16(20)17(13-21-3)8-9-18-12-17/h4-7,18H,8-13H2,1-3H3. The highest BCUT2D eigenvalue weighted by Crippen LogP contribution is 2.28. The van der Waals surface area contributed by atoms with Crippen molar-refractivity contribution in [3.8, 4) is 5.75 Å². The van der Waals surface area contributed by atoms with Gasteiger partial charge in [0, 0.05) is 20.7 Å². The van der Waals surface area contributed by atoms with E-state index in [9.17, 15) is 4.79 Å². The zero-order chi connectivity index (χ0) is 16.0. The van der Waals surface area contributed by atoms with Crippen LogP contribution >= 0.6 is 0 Å². The topological polar surface area (TPSA) is 50.8 Å². The Morgan fingerprint density at radius 1 is 1.41 bits per heavy atom. The molecule has 1 unspecified atom stereocenters. The van der Waals surface area contributed by atoms with Gasteiger partial charge in [0.1, 0.15) is 12.4 Å². The predicted molar refractivity (Wildman–Crippen MR) is 86.1 cm³/mol. The van der Waals surface area contributed by atoms with Crippen molar-refractivity contribution in [3.05, 3.63) is 29.8 Å². The largest absolute Gasteiger partial charge is 0.491 e. The first kappa shape index (κ1) is 16.8. The molecular weight excluding hydrogens is 280 g/mol. The molecule has 1 heterocycles. The summed E-state index contributed by atoms with van der Waals surface area (Å²) in [7, 11) is 3.48. The van der Waals surface area contributed by atoms with Gasteiger partial charge in [-0.2, -0.15) is 0 Å². The average molecular weight is 306 g/mol. The summed E-state index contributed by atoms with van der Waals surface area (Å²) in [6.45, 7) is 5.08. The van der Waals surface area contributed by atoms with E-state index in [1.165, 1.54) is 0 Å². The summed E-state index contributed by atoms with van der Waals surface area (Å²) in [5.74, 6) is 1.00. The molecule has 1 atom stereocenters. The second kappa shape index (κ2) is 7.61. The first-order chi connectivity index (χ1) is 10.6. The van der Waals surface area contributed by atoms with E-state index in [4.69, 9.17) is 9.47 Å². The molecule has 5 nitrogen and oxygen atoms in total. The molecular formula is C17H26N2O3. The van der Waals surface area contributed by atoms with E-state index < -0.39 is 5.41 Å². The van der Waals surface area contributed by atoms with Gasteiger partial charge in [-0.1, -0.05) is 18.2 Å². The van der Waals surface area contributed by atoms with Crippen molar-refractivity contribution in [2.24, 2.45) is 5.41 Å². The highest BCUT2D eigenvalue weighted by molar-refractivity contribution is 5.83. The highest BCUT2D eigenvalue weighted by Gasteiger charge is 2.42. The smallest absolute Gasteiger partial charge is 0.232 e. The quantitative estimate of drug-likeness (QED) is 0.828. The molecule has 0 radical (unpaired) electrons. The minimum Gasteiger partial charge on any atom is -0.491 e. The number of likely N-dealkylation sites (N-methyl/N-ethyl adjacent to an activating group) is 1. The SMILES string of the molecule is COCC1(C(=O)N(C)CCOc2ccccc2C)CCNC1. The van der Waals surface area contributed by atoms with Crippen LogP contribution in [0.4, 0.5) is 0 Å². The van der Waals surface area contributed by atoms with E-state index in [0.29, 0.717) is 26.3 Å². The van der Waals surface area contributed by atoms with E-state index in [0.717, 1.165) is 24.3 Å². The van der Waals surface area contributed by atoms with Crippen LogP contribution in [-0.4, -0.2) is 57.8 Å². The zero-order valence-corrected chi connectivity index (χ0v) is 13.7. The lowest BCUT2D eigenvalue weighted by Crippen LogP contribution is -2.47. The Kier molecular flexibility index (Phi) is 5.80. The third-order valence-corrected chi connectivity index (χ3v) is 4.24. The summed E-state index contributed by atoms with van der Waals surface area (Å²) in [6.07, 6.45) is 0.822. The maximum absolute atomic E-state index is 12.7. The number of carbonyl (C=O) groups is 1. The molecule has 0 saturated carbocycles. The summed E-state index contributed by atoms with van der Waals surface area (Å²) in [6, 6.07) is 7.90. The van der Waals surface area contributed by atoms with Crippen molar-refractivity contribution < 1.29 is 14.3 Å². The van der Waals surface area contributed by atoms with Crippen LogP contribution in [0.5, 0.6) is 5.75 Å². The summed E-state index contributed by atoms with van der Waals surface area (Å²) < 4.78 is 11.0. The van der Waals surface area contributed by atoms with Crippen molar-refractivity contribution >= 4 is 5.91 Å². The Bertz CT molecular complexity index is 498. The Morgan fingerprint density at radius 2 is 2.18 bits per heavy atom. The van der Waals surface area contributed by atoms with Gasteiger partial charge in [-0.25, -0.2) is 0 Å². The molecule has 1 amide bonds. The second-order valence-electron chi connectivity index (χ2n) is 5.98. The summed E-state index contributed by atoms with van der Waals surface area (Å²) in [5.41, 5.74) is 0.680. The highest BCUT2D eigenvalue weighted by atomic mass is 16.5. The van der Waals surface area contributed by atoms with Crippen LogP contribution in [0.25, 0.3) is 0 Å². The molecule has 1 aliphatic rings. The van der Waals surface area contributed by atoms with Gasteiger partial charge in [0.05, 0.1) is 18.6 Å². The van der Waals surface area contributed by atoms with E-state index in [1.807, 2.05) is 38.2 Å². The molecule has 1 aliphatic heterocycles. The fraction of sp³-hybridized carbons (Fsp3) is 0.588. The number of benzene rings is 1. The third-order valence-electron chi connectivity index (χ3n) is 4.24. The molecule has 122 valence electrons. The van der Waals surface area contributed by atoms with E-state index in [-0.39, 0.29) is 5.91 Å². The van der Waals surface area contributed by atoms with Crippen LogP contribution in [0.3, 0.4) is 0 Å². The minimum absolute atomic E-state index is 0.132. The Labute approximate surface area is 132 Å². The number of para-hydroxylation sites is 1. The molecule has 22 heavy (non-hydrogen) atoms. The molecule has 0 aromatic heterocycles. The molecule has 0 aliphatic carbocycles. The van der Waals surface area contributed by atoms with Crippen LogP contribution in [-0.2, 0) is 9.53 Å². The van der Waals surface area contributed by atoms with Gasteiger partial charge in [0.25, 0.3) is 0 Å². The van der Waals surface area contributed by atoms with Gasteiger partial charge < -0.3 is 19.7 Å². The normalized spacial score (nSPS) is 20.9. The van der Waals surface area contributed by atoms with Crippen LogP contribution in [0.1, 0.15) is 12.0 Å². The molecule has 1 N–H and O–H groups in total. The van der Waals surface area contributed by atoms with E-state index in [1.54, 1.807) is 12.0 Å². The van der Waals surface area contributed by atoms with Gasteiger partial charge in [-0.05, 0) is 31.5 Å². The first-order valence-corrected chi connectivity index (χ1v) is 7.73. The lowest BCUT2D eigenvalue weighted by molar-refractivity contribution is -0.143. The number of carbonyl (C=O) groups excluding carboxylic acids is 1. The van der Waals surface area contributed by atoms with Crippen molar-refractivity contribution in [3.63, 3.8) is 0 Å². The van der Waals surface area contributed by atoms with Gasteiger partial charge >= 0.3 is 0 Å². The van der Waals surface area contributed by atoms with Gasteiger partial charge in [0.15, 0.2) is 0 Å². The maximum atomic E-state index is 12.7.